The zero-order chi connectivity index (χ0) is 33.8. The van der Waals surface area contributed by atoms with Crippen molar-refractivity contribution in [2.75, 3.05) is 19.8 Å². The molecule has 0 fully saturated rings. The van der Waals surface area contributed by atoms with Gasteiger partial charge in [-0.2, -0.15) is 13.2 Å². The van der Waals surface area contributed by atoms with Crippen LogP contribution in [0.15, 0.2) is 77.8 Å². The maximum absolute atomic E-state index is 14.2. The molecule has 0 saturated carbocycles. The lowest BCUT2D eigenvalue weighted by Crippen LogP contribution is -2.38. The molecule has 4 rings (SSSR count). The van der Waals surface area contributed by atoms with Crippen LogP contribution in [0.1, 0.15) is 78.0 Å². The van der Waals surface area contributed by atoms with Gasteiger partial charge in [-0.1, -0.05) is 102 Å². The smallest absolute Gasteiger partial charge is 0.419 e. The van der Waals surface area contributed by atoms with Crippen molar-refractivity contribution >= 4 is 13.3 Å². The Morgan fingerprint density at radius 3 is 2.02 bits per heavy atom. The molecule has 0 saturated heterocycles. The van der Waals surface area contributed by atoms with E-state index in [1.165, 1.54) is 6.07 Å². The van der Waals surface area contributed by atoms with E-state index in [1.807, 2.05) is 71.9 Å². The highest BCUT2D eigenvalue weighted by molar-refractivity contribution is 7.62. The Bertz CT molecular complexity index is 1520. The zero-order valence-electron chi connectivity index (χ0n) is 28.0. The molecule has 1 unspecified atom stereocenters. The fourth-order valence-corrected chi connectivity index (χ4v) is 9.14. The van der Waals surface area contributed by atoms with E-state index in [4.69, 9.17) is 14.0 Å². The number of hydrogen-bond donors (Lipinski definition) is 0. The molecule has 0 N–H and O–H groups in total. The summed E-state index contributed by atoms with van der Waals surface area (Å²) < 4.78 is 74.2. The Balaban J connectivity index is 1.40. The van der Waals surface area contributed by atoms with Crippen LogP contribution in [0, 0.1) is 0 Å². The van der Waals surface area contributed by atoms with Gasteiger partial charge in [-0.05, 0) is 60.1 Å². The highest BCUT2D eigenvalue weighted by Crippen LogP contribution is 2.68. The normalized spacial score (nSPS) is 17.5. The summed E-state index contributed by atoms with van der Waals surface area (Å²) in [7, 11) is -3.17. The van der Waals surface area contributed by atoms with E-state index in [2.05, 4.69) is 29.3 Å². The number of hydrogen-bond acceptors (Lipinski definition) is 5. The van der Waals surface area contributed by atoms with Gasteiger partial charge in [0, 0.05) is 17.2 Å². The predicted octanol–water partition coefficient (Wildman–Crippen LogP) is 10.4. The third kappa shape index (κ3) is 8.63. The minimum atomic E-state index is -4.57. The Hall–Kier alpha value is -3.09. The number of halogens is 3. The molecular weight excluding hydrogens is 610 g/mol. The van der Waals surface area contributed by atoms with E-state index in [1.54, 1.807) is 13.0 Å². The molecule has 1 aliphatic heterocycles. The summed E-state index contributed by atoms with van der Waals surface area (Å²) in [5.41, 5.74) is 2.22. The fraction of sp³-hybridized carbons (Fsp3) is 0.486. The van der Waals surface area contributed by atoms with Crippen LogP contribution >= 0.6 is 7.37 Å². The Kier molecular flexibility index (Phi) is 10.8. The third-order valence-corrected chi connectivity index (χ3v) is 12.4. The largest absolute Gasteiger partial charge is 0.493 e. The molecule has 1 atom stereocenters. The molecule has 0 aromatic heterocycles. The van der Waals surface area contributed by atoms with E-state index in [0.717, 1.165) is 22.8 Å². The first-order valence-electron chi connectivity index (χ1n) is 15.8. The van der Waals surface area contributed by atoms with Crippen molar-refractivity contribution < 1.29 is 31.7 Å². The minimum absolute atomic E-state index is 0.0540. The molecule has 46 heavy (non-hydrogen) atoms. The lowest BCUT2D eigenvalue weighted by atomic mass is 9.93. The quantitative estimate of drug-likeness (QED) is 0.144. The van der Waals surface area contributed by atoms with Gasteiger partial charge in [0.15, 0.2) is 5.90 Å². The fourth-order valence-electron chi connectivity index (χ4n) is 5.93. The Morgan fingerprint density at radius 2 is 1.46 bits per heavy atom. The number of alkyl halides is 3. The molecule has 0 spiro atoms. The van der Waals surface area contributed by atoms with Crippen LogP contribution < -0.4 is 4.74 Å². The van der Waals surface area contributed by atoms with E-state index < -0.39 is 35.0 Å². The lowest BCUT2D eigenvalue weighted by Gasteiger charge is -2.41. The zero-order valence-corrected chi connectivity index (χ0v) is 28.9. The van der Waals surface area contributed by atoms with Crippen LogP contribution in [0.2, 0.25) is 0 Å². The summed E-state index contributed by atoms with van der Waals surface area (Å²) in [5.74, 6) is 0.305. The van der Waals surface area contributed by atoms with Crippen LogP contribution in [0.25, 0.3) is 11.1 Å². The summed E-state index contributed by atoms with van der Waals surface area (Å²) in [5, 5.41) is -1.20. The maximum Gasteiger partial charge on any atom is 0.419 e. The van der Waals surface area contributed by atoms with Crippen LogP contribution in [0.5, 0.6) is 5.75 Å². The van der Waals surface area contributed by atoms with Crippen LogP contribution in [0.4, 0.5) is 13.2 Å². The van der Waals surface area contributed by atoms with Crippen molar-refractivity contribution in [1.29, 1.82) is 0 Å². The molecule has 1 heterocycles. The number of rotatable bonds is 12. The molecule has 250 valence electrons. The monoisotopic (exact) mass is 657 g/mol. The van der Waals surface area contributed by atoms with Gasteiger partial charge in [0.2, 0.25) is 7.37 Å². The highest BCUT2D eigenvalue weighted by Gasteiger charge is 2.50. The van der Waals surface area contributed by atoms with Crippen molar-refractivity contribution in [3.05, 3.63) is 89.5 Å². The third-order valence-electron chi connectivity index (χ3n) is 8.38. The molecule has 0 amide bonds. The van der Waals surface area contributed by atoms with Crippen LogP contribution in [-0.4, -0.2) is 41.6 Å². The lowest BCUT2D eigenvalue weighted by molar-refractivity contribution is -0.139. The Labute approximate surface area is 272 Å². The average molecular weight is 658 g/mol. The van der Waals surface area contributed by atoms with Gasteiger partial charge in [-0.15, -0.1) is 0 Å². The van der Waals surface area contributed by atoms with Crippen LogP contribution in [-0.2, 0) is 32.8 Å². The first-order chi connectivity index (χ1) is 21.4. The standard InChI is InChI=1S/C37H47F3NO4P/c1-27-41-36(25-44-27,26-45-46(42,34(2,3)4)35(5,6)7)22-21-29-17-20-33(32(24-29)37(38,39)40)43-23-11-12-28-15-18-31(19-16-28)30-13-9-8-10-14-30/h8-10,13-20,24H,11-12,21-23,25-26H2,1-7H3. The second-order valence-corrected chi connectivity index (χ2v) is 18.2. The first-order valence-corrected chi connectivity index (χ1v) is 17.5. The second kappa shape index (κ2) is 13.9. The molecular formula is C37H47F3NO4P. The van der Waals surface area contributed by atoms with E-state index >= 15 is 0 Å². The number of nitrogens with zero attached hydrogens (tertiary/aromatic N) is 1. The molecule has 9 heteroatoms. The van der Waals surface area contributed by atoms with Crippen LogP contribution in [0.3, 0.4) is 0 Å². The van der Waals surface area contributed by atoms with Gasteiger partial charge in [0.05, 0.1) is 18.8 Å². The molecule has 0 radical (unpaired) electrons. The molecule has 3 aromatic rings. The minimum Gasteiger partial charge on any atom is -0.493 e. The number of ether oxygens (including phenoxy) is 2. The van der Waals surface area contributed by atoms with Crippen molar-refractivity contribution in [2.45, 2.75) is 96.2 Å². The average Bonchev–Trinajstić information content (AvgIpc) is 3.37. The van der Waals surface area contributed by atoms with E-state index in [-0.39, 0.29) is 25.6 Å². The van der Waals surface area contributed by atoms with Crippen molar-refractivity contribution in [2.24, 2.45) is 4.99 Å². The van der Waals surface area contributed by atoms with Crippen molar-refractivity contribution in [3.63, 3.8) is 0 Å². The number of aryl methyl sites for hydroxylation is 2. The topological polar surface area (TPSA) is 57.1 Å². The molecule has 0 aliphatic carbocycles. The second-order valence-electron chi connectivity index (χ2n) is 14.2. The highest BCUT2D eigenvalue weighted by atomic mass is 31.2. The molecule has 5 nitrogen and oxygen atoms in total. The van der Waals surface area contributed by atoms with Crippen molar-refractivity contribution in [1.82, 2.24) is 0 Å². The maximum atomic E-state index is 14.2. The first kappa shape index (κ1) is 35.8. The summed E-state index contributed by atoms with van der Waals surface area (Å²) in [6.07, 6.45) is -2.62. The summed E-state index contributed by atoms with van der Waals surface area (Å²) >= 11 is 0. The summed E-state index contributed by atoms with van der Waals surface area (Å²) in [4.78, 5) is 4.69. The summed E-state index contributed by atoms with van der Waals surface area (Å²) in [6, 6.07) is 22.5. The van der Waals surface area contributed by atoms with Gasteiger partial charge < -0.3 is 14.0 Å². The predicted molar refractivity (Wildman–Crippen MR) is 180 cm³/mol. The van der Waals surface area contributed by atoms with Gasteiger partial charge >= 0.3 is 6.18 Å². The number of aliphatic imine (C=N–C) groups is 1. The van der Waals surface area contributed by atoms with Crippen molar-refractivity contribution in [3.8, 4) is 16.9 Å². The molecule has 3 aromatic carbocycles. The van der Waals surface area contributed by atoms with Gasteiger partial charge in [0.25, 0.3) is 0 Å². The SMILES string of the molecule is CC1=NC(CCc2ccc(OCCCc3ccc(-c4ccccc4)cc3)c(C(F)(F)F)c2)(COP(=O)(C(C)(C)C)C(C)(C)C)CO1. The number of benzene rings is 3. The van der Waals surface area contributed by atoms with Gasteiger partial charge in [-0.3, -0.25) is 4.57 Å². The van der Waals surface area contributed by atoms with Gasteiger partial charge in [-0.25, -0.2) is 4.99 Å². The van der Waals surface area contributed by atoms with E-state index in [9.17, 15) is 17.7 Å². The molecule has 1 aliphatic rings. The molecule has 0 bridgehead atoms. The Morgan fingerprint density at radius 1 is 0.848 bits per heavy atom. The van der Waals surface area contributed by atoms with E-state index in [0.29, 0.717) is 37.1 Å². The van der Waals surface area contributed by atoms with Gasteiger partial charge in [0.1, 0.15) is 17.9 Å². The summed E-state index contributed by atoms with van der Waals surface area (Å²) in [6.45, 7) is 13.6.